The lowest BCUT2D eigenvalue weighted by atomic mass is 10.3. The Morgan fingerprint density at radius 2 is 1.88 bits per heavy atom. The van der Waals surface area contributed by atoms with Gasteiger partial charge in [0, 0.05) is 16.7 Å². The number of carbonyl (C=O) groups excluding carboxylic acids is 1. The minimum absolute atomic E-state index is 0.0217. The summed E-state index contributed by atoms with van der Waals surface area (Å²) in [6, 6.07) is 6.86. The molecular formula is C10H13BrN2O3S. The number of rotatable bonds is 5. The Morgan fingerprint density at radius 1 is 1.29 bits per heavy atom. The predicted molar refractivity (Wildman–Crippen MR) is 70.5 cm³/mol. The van der Waals surface area contributed by atoms with Crippen molar-refractivity contribution in [2.45, 2.75) is 0 Å². The highest BCUT2D eigenvalue weighted by Gasteiger charge is 2.15. The van der Waals surface area contributed by atoms with Gasteiger partial charge in [-0.15, -0.1) is 0 Å². The number of carbonyl (C=O) groups is 1. The Bertz CT molecular complexity index is 485. The normalized spacial score (nSPS) is 11.2. The van der Waals surface area contributed by atoms with Crippen molar-refractivity contribution in [3.8, 4) is 0 Å². The third kappa shape index (κ3) is 5.29. The molecule has 1 aromatic rings. The molecular weight excluding hydrogens is 308 g/mol. The van der Waals surface area contributed by atoms with Gasteiger partial charge in [-0.2, -0.15) is 0 Å². The second-order valence-corrected chi connectivity index (χ2v) is 6.54. The Balaban J connectivity index is 2.59. The van der Waals surface area contributed by atoms with Crippen LogP contribution >= 0.6 is 15.9 Å². The first-order valence-electron chi connectivity index (χ1n) is 4.89. The van der Waals surface area contributed by atoms with Crippen LogP contribution in [0.25, 0.3) is 0 Å². The fourth-order valence-corrected chi connectivity index (χ4v) is 2.42. The van der Waals surface area contributed by atoms with E-state index in [0.29, 0.717) is 5.69 Å². The molecule has 0 saturated heterocycles. The molecule has 1 amide bonds. The molecule has 0 aliphatic heterocycles. The number of amides is 1. The first kappa shape index (κ1) is 14.1. The molecule has 7 heteroatoms. The zero-order chi connectivity index (χ0) is 12.9. The summed E-state index contributed by atoms with van der Waals surface area (Å²) in [6.45, 7) is 0.0217. The molecule has 5 nitrogen and oxygen atoms in total. The maximum atomic E-state index is 11.4. The van der Waals surface area contributed by atoms with Gasteiger partial charge in [-0.05, 0) is 24.3 Å². The van der Waals surface area contributed by atoms with Crippen molar-refractivity contribution < 1.29 is 13.2 Å². The number of anilines is 1. The molecule has 0 spiro atoms. The molecule has 1 rings (SSSR count). The number of nitrogens with two attached hydrogens (primary N) is 1. The first-order valence-corrected chi connectivity index (χ1v) is 7.50. The van der Waals surface area contributed by atoms with Crippen LogP contribution in [0.4, 0.5) is 5.69 Å². The molecule has 0 fully saturated rings. The molecule has 17 heavy (non-hydrogen) atoms. The number of nitrogens with one attached hydrogen (secondary N) is 1. The number of benzene rings is 1. The molecule has 0 atom stereocenters. The summed E-state index contributed by atoms with van der Waals surface area (Å²) in [5, 5.41) is 2.50. The van der Waals surface area contributed by atoms with Crippen LogP contribution in [0.15, 0.2) is 28.7 Å². The Kier molecular flexibility index (Phi) is 5.10. The quantitative estimate of drug-likeness (QED) is 0.838. The Hall–Kier alpha value is -0.920. The summed E-state index contributed by atoms with van der Waals surface area (Å²) in [6.07, 6.45) is 0. The Labute approximate surface area is 108 Å². The van der Waals surface area contributed by atoms with Crippen molar-refractivity contribution in [2.75, 3.05) is 23.4 Å². The van der Waals surface area contributed by atoms with Crippen molar-refractivity contribution in [1.29, 1.82) is 0 Å². The lowest BCUT2D eigenvalue weighted by Crippen LogP contribution is -2.27. The maximum Gasteiger partial charge on any atom is 0.239 e. The van der Waals surface area contributed by atoms with Crippen molar-refractivity contribution in [3.05, 3.63) is 28.7 Å². The number of hydrogen-bond acceptors (Lipinski definition) is 4. The van der Waals surface area contributed by atoms with Gasteiger partial charge in [-0.1, -0.05) is 15.9 Å². The zero-order valence-corrected chi connectivity index (χ0v) is 11.4. The summed E-state index contributed by atoms with van der Waals surface area (Å²) in [4.78, 5) is 11.4. The van der Waals surface area contributed by atoms with Crippen molar-refractivity contribution in [3.63, 3.8) is 0 Å². The van der Waals surface area contributed by atoms with E-state index in [2.05, 4.69) is 21.2 Å². The van der Waals surface area contributed by atoms with E-state index in [0.717, 1.165) is 4.47 Å². The topological polar surface area (TPSA) is 89.3 Å². The van der Waals surface area contributed by atoms with Crippen LogP contribution in [0, 0.1) is 0 Å². The largest absolute Gasteiger partial charge is 0.329 e. The summed E-state index contributed by atoms with van der Waals surface area (Å²) >= 11 is 3.26. The zero-order valence-electron chi connectivity index (χ0n) is 9.02. The molecule has 0 unspecified atom stereocenters. The van der Waals surface area contributed by atoms with Crippen molar-refractivity contribution in [2.24, 2.45) is 5.73 Å². The van der Waals surface area contributed by atoms with Gasteiger partial charge in [0.2, 0.25) is 5.91 Å². The number of halogens is 1. The fourth-order valence-electron chi connectivity index (χ4n) is 1.18. The van der Waals surface area contributed by atoms with E-state index < -0.39 is 21.5 Å². The van der Waals surface area contributed by atoms with Crippen LogP contribution in [0.3, 0.4) is 0 Å². The second kappa shape index (κ2) is 6.13. The minimum atomic E-state index is -3.41. The van der Waals surface area contributed by atoms with Gasteiger partial charge in [-0.3, -0.25) is 4.79 Å². The molecule has 1 aromatic carbocycles. The first-order chi connectivity index (χ1) is 7.93. The van der Waals surface area contributed by atoms with Crippen LogP contribution in [0.2, 0.25) is 0 Å². The molecule has 0 aliphatic carbocycles. The SMILES string of the molecule is NCCS(=O)(=O)CC(=O)Nc1ccc(Br)cc1. The van der Waals surface area contributed by atoms with Crippen LogP contribution in [-0.2, 0) is 14.6 Å². The van der Waals surface area contributed by atoms with Crippen LogP contribution < -0.4 is 11.1 Å². The van der Waals surface area contributed by atoms with Crippen LogP contribution in [0.5, 0.6) is 0 Å². The third-order valence-corrected chi connectivity index (χ3v) is 4.00. The van der Waals surface area contributed by atoms with Gasteiger partial charge in [0.15, 0.2) is 9.84 Å². The molecule has 0 aromatic heterocycles. The van der Waals surface area contributed by atoms with E-state index in [1.54, 1.807) is 24.3 Å². The van der Waals surface area contributed by atoms with Gasteiger partial charge in [0.1, 0.15) is 5.75 Å². The Morgan fingerprint density at radius 3 is 2.41 bits per heavy atom. The molecule has 94 valence electrons. The van der Waals surface area contributed by atoms with Crippen LogP contribution in [0.1, 0.15) is 0 Å². The van der Waals surface area contributed by atoms with E-state index in [1.165, 1.54) is 0 Å². The van der Waals surface area contributed by atoms with Gasteiger partial charge >= 0.3 is 0 Å². The highest BCUT2D eigenvalue weighted by atomic mass is 79.9. The summed E-state index contributed by atoms with van der Waals surface area (Å²) < 4.78 is 23.6. The molecule has 0 aliphatic rings. The van der Waals surface area contributed by atoms with Crippen molar-refractivity contribution in [1.82, 2.24) is 0 Å². The summed E-state index contributed by atoms with van der Waals surface area (Å²) in [5.74, 6) is -1.28. The van der Waals surface area contributed by atoms with Gasteiger partial charge in [0.25, 0.3) is 0 Å². The molecule has 0 heterocycles. The van der Waals surface area contributed by atoms with E-state index in [1.807, 2.05) is 0 Å². The smallest absolute Gasteiger partial charge is 0.239 e. The molecule has 0 radical (unpaired) electrons. The molecule has 0 bridgehead atoms. The minimum Gasteiger partial charge on any atom is -0.329 e. The second-order valence-electron chi connectivity index (χ2n) is 3.44. The predicted octanol–water partition coefficient (Wildman–Crippen LogP) is 0.761. The average molecular weight is 321 g/mol. The van der Waals surface area contributed by atoms with E-state index >= 15 is 0 Å². The highest BCUT2D eigenvalue weighted by Crippen LogP contribution is 2.14. The molecule has 0 saturated carbocycles. The lowest BCUT2D eigenvalue weighted by molar-refractivity contribution is -0.113. The van der Waals surface area contributed by atoms with E-state index in [9.17, 15) is 13.2 Å². The average Bonchev–Trinajstić information content (AvgIpc) is 2.20. The van der Waals surface area contributed by atoms with Crippen LogP contribution in [-0.4, -0.2) is 32.4 Å². The lowest BCUT2D eigenvalue weighted by Gasteiger charge is -2.05. The third-order valence-electron chi connectivity index (χ3n) is 1.91. The highest BCUT2D eigenvalue weighted by molar-refractivity contribution is 9.10. The number of hydrogen-bond donors (Lipinski definition) is 2. The fraction of sp³-hybridized carbons (Fsp3) is 0.300. The van der Waals surface area contributed by atoms with Crippen molar-refractivity contribution >= 4 is 37.4 Å². The van der Waals surface area contributed by atoms with E-state index in [4.69, 9.17) is 5.73 Å². The van der Waals surface area contributed by atoms with Gasteiger partial charge in [0.05, 0.1) is 5.75 Å². The number of sulfone groups is 1. The summed E-state index contributed by atoms with van der Waals surface area (Å²) in [5.41, 5.74) is 5.70. The molecule has 3 N–H and O–H groups in total. The van der Waals surface area contributed by atoms with E-state index in [-0.39, 0.29) is 12.3 Å². The maximum absolute atomic E-state index is 11.4. The standard InChI is InChI=1S/C10H13BrN2O3S/c11-8-1-3-9(4-2-8)13-10(14)7-17(15,16)6-5-12/h1-4H,5-7,12H2,(H,13,14). The van der Waals surface area contributed by atoms with Gasteiger partial charge < -0.3 is 11.1 Å². The summed E-state index contributed by atoms with van der Waals surface area (Å²) in [7, 11) is -3.41. The monoisotopic (exact) mass is 320 g/mol. The van der Waals surface area contributed by atoms with Gasteiger partial charge in [-0.25, -0.2) is 8.42 Å².